The first-order chi connectivity index (χ1) is 12.1. The molecule has 1 aromatic carbocycles. The van der Waals surface area contributed by atoms with Crippen LogP contribution < -0.4 is 20.3 Å². The van der Waals surface area contributed by atoms with E-state index in [0.29, 0.717) is 30.3 Å². The number of carbonyl (C=O) groups is 2. The van der Waals surface area contributed by atoms with Gasteiger partial charge in [0.25, 0.3) is 5.91 Å². The van der Waals surface area contributed by atoms with Gasteiger partial charge in [-0.2, -0.15) is 0 Å². The van der Waals surface area contributed by atoms with Crippen molar-refractivity contribution in [3.63, 3.8) is 0 Å². The highest BCUT2D eigenvalue weighted by Crippen LogP contribution is 2.33. The number of anilines is 2. The van der Waals surface area contributed by atoms with Gasteiger partial charge in [-0.05, 0) is 19.1 Å². The molecule has 2 N–H and O–H groups in total. The summed E-state index contributed by atoms with van der Waals surface area (Å²) in [5, 5.41) is 5.83. The summed E-state index contributed by atoms with van der Waals surface area (Å²) in [5.74, 6) is 0.777. The first-order valence-electron chi connectivity index (χ1n) is 7.99. The van der Waals surface area contributed by atoms with E-state index in [4.69, 9.17) is 4.74 Å². The minimum atomic E-state index is -0.610. The van der Waals surface area contributed by atoms with Gasteiger partial charge in [-0.15, -0.1) is 0 Å². The molecule has 1 aliphatic heterocycles. The number of hydrogen-bond acceptors (Lipinski definition) is 6. The Morgan fingerprint density at radius 3 is 2.92 bits per heavy atom. The van der Waals surface area contributed by atoms with Gasteiger partial charge in [0.1, 0.15) is 18.1 Å². The Balaban J connectivity index is 1.53. The summed E-state index contributed by atoms with van der Waals surface area (Å²) >= 11 is 0. The molecule has 0 bridgehead atoms. The van der Waals surface area contributed by atoms with Crippen LogP contribution in [-0.4, -0.2) is 47.5 Å². The van der Waals surface area contributed by atoms with E-state index in [-0.39, 0.29) is 18.4 Å². The van der Waals surface area contributed by atoms with Crippen LogP contribution in [0.25, 0.3) is 0 Å². The van der Waals surface area contributed by atoms with Crippen LogP contribution >= 0.6 is 0 Å². The second kappa shape index (κ2) is 7.61. The average molecular weight is 341 g/mol. The largest absolute Gasteiger partial charge is 0.479 e. The molecule has 130 valence electrons. The normalized spacial score (nSPS) is 16.0. The topological polar surface area (TPSA) is 96.5 Å². The van der Waals surface area contributed by atoms with Crippen LogP contribution in [0.4, 0.5) is 11.5 Å². The van der Waals surface area contributed by atoms with Crippen molar-refractivity contribution in [3.8, 4) is 5.75 Å². The van der Waals surface area contributed by atoms with E-state index in [1.54, 1.807) is 43.7 Å². The molecule has 0 radical (unpaired) electrons. The molecule has 0 spiro atoms. The first-order valence-corrected chi connectivity index (χ1v) is 7.99. The Kier molecular flexibility index (Phi) is 5.08. The number of benzene rings is 1. The number of carbonyl (C=O) groups excluding carboxylic acids is 2. The lowest BCUT2D eigenvalue weighted by molar-refractivity contribution is -0.128. The van der Waals surface area contributed by atoms with Gasteiger partial charge >= 0.3 is 0 Å². The van der Waals surface area contributed by atoms with Gasteiger partial charge in [0.05, 0.1) is 11.9 Å². The Labute approximate surface area is 145 Å². The minimum absolute atomic E-state index is 0.0469. The summed E-state index contributed by atoms with van der Waals surface area (Å²) in [6.45, 7) is 2.54. The smallest absolute Gasteiger partial charge is 0.268 e. The van der Waals surface area contributed by atoms with Gasteiger partial charge < -0.3 is 15.4 Å². The van der Waals surface area contributed by atoms with Crippen molar-refractivity contribution >= 4 is 23.3 Å². The lowest BCUT2D eigenvalue weighted by atomic mass is 10.2. The van der Waals surface area contributed by atoms with Gasteiger partial charge in [-0.3, -0.25) is 19.5 Å². The van der Waals surface area contributed by atoms with E-state index in [0.717, 1.165) is 0 Å². The number of rotatable bonds is 6. The van der Waals surface area contributed by atoms with Crippen LogP contribution in [0.15, 0.2) is 42.9 Å². The Morgan fingerprint density at radius 1 is 1.28 bits per heavy atom. The maximum absolute atomic E-state index is 12.3. The fourth-order valence-electron chi connectivity index (χ4n) is 2.50. The van der Waals surface area contributed by atoms with E-state index < -0.39 is 6.10 Å². The summed E-state index contributed by atoms with van der Waals surface area (Å²) in [6.07, 6.45) is 4.17. The number of ether oxygens (including phenoxy) is 1. The van der Waals surface area contributed by atoms with Crippen LogP contribution in [0, 0.1) is 0 Å². The van der Waals surface area contributed by atoms with E-state index in [9.17, 15) is 9.59 Å². The fraction of sp³-hybridized carbons (Fsp3) is 0.294. The van der Waals surface area contributed by atoms with Crippen molar-refractivity contribution in [1.29, 1.82) is 0 Å². The lowest BCUT2D eigenvalue weighted by Crippen LogP contribution is -2.49. The molecule has 2 amide bonds. The highest BCUT2D eigenvalue weighted by atomic mass is 16.5. The third kappa shape index (κ3) is 4.03. The minimum Gasteiger partial charge on any atom is -0.479 e. The van der Waals surface area contributed by atoms with Gasteiger partial charge in [0, 0.05) is 25.5 Å². The number of fused-ring (bicyclic) bond motifs is 1. The number of aromatic nitrogens is 2. The zero-order valence-corrected chi connectivity index (χ0v) is 13.8. The molecule has 1 aliphatic rings. The SMILES string of the molecule is C[C@@H]1Oc2ccccc2N(CC(=O)NCCNc2cnccn2)C1=O. The molecule has 8 nitrogen and oxygen atoms in total. The molecule has 3 rings (SSSR count). The zero-order chi connectivity index (χ0) is 17.6. The van der Waals surface area contributed by atoms with Gasteiger partial charge in [-0.1, -0.05) is 12.1 Å². The van der Waals surface area contributed by atoms with Gasteiger partial charge in [0.15, 0.2) is 6.10 Å². The quantitative estimate of drug-likeness (QED) is 0.755. The number of amides is 2. The average Bonchev–Trinajstić information content (AvgIpc) is 2.63. The number of nitrogens with one attached hydrogen (secondary N) is 2. The molecular weight excluding hydrogens is 322 g/mol. The lowest BCUT2D eigenvalue weighted by Gasteiger charge is -2.32. The molecule has 2 aromatic rings. The molecule has 0 saturated carbocycles. The Hall–Kier alpha value is -3.16. The second-order valence-electron chi connectivity index (χ2n) is 5.52. The zero-order valence-electron chi connectivity index (χ0n) is 13.8. The first kappa shape index (κ1) is 16.7. The molecule has 1 atom stereocenters. The Bertz CT molecular complexity index is 753. The van der Waals surface area contributed by atoms with Crippen molar-refractivity contribution in [3.05, 3.63) is 42.9 Å². The van der Waals surface area contributed by atoms with Crippen molar-refractivity contribution in [2.45, 2.75) is 13.0 Å². The molecular formula is C17H19N5O3. The maximum atomic E-state index is 12.3. The van der Waals surface area contributed by atoms with E-state index in [2.05, 4.69) is 20.6 Å². The van der Waals surface area contributed by atoms with Crippen LogP contribution in [0.5, 0.6) is 5.75 Å². The predicted octanol–water partition coefficient (Wildman–Crippen LogP) is 0.819. The second-order valence-corrected chi connectivity index (χ2v) is 5.52. The third-order valence-corrected chi connectivity index (χ3v) is 3.69. The Morgan fingerprint density at radius 2 is 2.12 bits per heavy atom. The number of nitrogens with zero attached hydrogens (tertiary/aromatic N) is 3. The standard InChI is InChI=1S/C17H19N5O3/c1-12-17(24)22(13-4-2-3-5-14(13)25-12)11-16(23)21-9-8-20-15-10-18-6-7-19-15/h2-7,10,12H,8-9,11H2,1H3,(H,19,20)(H,21,23)/t12-/m0/s1. The van der Waals surface area contributed by atoms with Crippen LogP contribution in [0.3, 0.4) is 0 Å². The van der Waals surface area contributed by atoms with Crippen LogP contribution in [-0.2, 0) is 9.59 Å². The monoisotopic (exact) mass is 341 g/mol. The number of para-hydroxylation sites is 2. The maximum Gasteiger partial charge on any atom is 0.268 e. The van der Waals surface area contributed by atoms with Crippen molar-refractivity contribution in [2.24, 2.45) is 0 Å². The summed E-state index contributed by atoms with van der Waals surface area (Å²) in [4.78, 5) is 34.0. The summed E-state index contributed by atoms with van der Waals surface area (Å²) in [5.41, 5.74) is 0.610. The van der Waals surface area contributed by atoms with E-state index in [1.807, 2.05) is 6.07 Å². The molecule has 1 aromatic heterocycles. The molecule has 2 heterocycles. The fourth-order valence-corrected chi connectivity index (χ4v) is 2.50. The van der Waals surface area contributed by atoms with E-state index in [1.165, 1.54) is 4.90 Å². The molecule has 0 fully saturated rings. The van der Waals surface area contributed by atoms with Gasteiger partial charge in [0.2, 0.25) is 5.91 Å². The molecule has 25 heavy (non-hydrogen) atoms. The highest BCUT2D eigenvalue weighted by Gasteiger charge is 2.32. The molecule has 0 saturated heterocycles. The van der Waals surface area contributed by atoms with Crippen molar-refractivity contribution in [1.82, 2.24) is 15.3 Å². The predicted molar refractivity (Wildman–Crippen MR) is 92.4 cm³/mol. The summed E-state index contributed by atoms with van der Waals surface area (Å²) in [7, 11) is 0. The third-order valence-electron chi connectivity index (χ3n) is 3.69. The van der Waals surface area contributed by atoms with E-state index >= 15 is 0 Å². The van der Waals surface area contributed by atoms with Crippen molar-refractivity contribution < 1.29 is 14.3 Å². The summed E-state index contributed by atoms with van der Waals surface area (Å²) < 4.78 is 5.56. The highest BCUT2D eigenvalue weighted by molar-refractivity contribution is 6.03. The van der Waals surface area contributed by atoms with Crippen LogP contribution in [0.2, 0.25) is 0 Å². The molecule has 8 heteroatoms. The van der Waals surface area contributed by atoms with Crippen LogP contribution in [0.1, 0.15) is 6.92 Å². The van der Waals surface area contributed by atoms with Crippen molar-refractivity contribution in [2.75, 3.05) is 29.9 Å². The molecule has 0 aliphatic carbocycles. The number of hydrogen-bond donors (Lipinski definition) is 2. The molecule has 0 unspecified atom stereocenters. The summed E-state index contributed by atoms with van der Waals surface area (Å²) in [6, 6.07) is 7.19. The van der Waals surface area contributed by atoms with Gasteiger partial charge in [-0.25, -0.2) is 4.98 Å².